The lowest BCUT2D eigenvalue weighted by atomic mass is 9.72. The molecule has 2 saturated carbocycles. The lowest BCUT2D eigenvalue weighted by Crippen LogP contribution is -2.42. The van der Waals surface area contributed by atoms with Gasteiger partial charge in [-0.1, -0.05) is 0 Å². The summed E-state index contributed by atoms with van der Waals surface area (Å²) in [4.78, 5) is 24.1. The molecule has 3 fully saturated rings. The minimum Gasteiger partial charge on any atom is -0.462 e. The fourth-order valence-corrected chi connectivity index (χ4v) is 4.43. The number of carbonyl (C=O) groups is 2. The number of cyclic esters (lactones) is 1. The first-order chi connectivity index (χ1) is 9.11. The molecule has 5 unspecified atom stereocenters. The molecule has 1 heterocycles. The van der Waals surface area contributed by atoms with E-state index in [1.165, 1.54) is 0 Å². The number of hydrogen-bond donors (Lipinski definition) is 0. The highest BCUT2D eigenvalue weighted by molar-refractivity contribution is 5.78. The molecule has 4 heteroatoms. The number of hydrogen-bond acceptors (Lipinski definition) is 4. The zero-order chi connectivity index (χ0) is 14.9. The highest BCUT2D eigenvalue weighted by Gasteiger charge is 2.66. The van der Waals surface area contributed by atoms with Crippen molar-refractivity contribution >= 4 is 11.9 Å². The number of rotatable bonds is 1. The SMILES string of the molecule is CC(C)(C)C(=O)OC1CC2CC1C1C2C(=O)OC1(C)C. The van der Waals surface area contributed by atoms with Gasteiger partial charge in [-0.15, -0.1) is 0 Å². The zero-order valence-electron chi connectivity index (χ0n) is 12.9. The molecule has 2 aliphatic carbocycles. The van der Waals surface area contributed by atoms with Crippen LogP contribution in [0.15, 0.2) is 0 Å². The largest absolute Gasteiger partial charge is 0.462 e. The topological polar surface area (TPSA) is 52.6 Å². The van der Waals surface area contributed by atoms with Crippen LogP contribution in [0.1, 0.15) is 47.5 Å². The van der Waals surface area contributed by atoms with Gasteiger partial charge in [0.2, 0.25) is 0 Å². The van der Waals surface area contributed by atoms with E-state index in [0.717, 1.165) is 12.8 Å². The van der Waals surface area contributed by atoms with Gasteiger partial charge in [0.25, 0.3) is 0 Å². The summed E-state index contributed by atoms with van der Waals surface area (Å²) < 4.78 is 11.3. The van der Waals surface area contributed by atoms with Crippen molar-refractivity contribution in [1.82, 2.24) is 0 Å². The monoisotopic (exact) mass is 280 g/mol. The van der Waals surface area contributed by atoms with Gasteiger partial charge in [-0.3, -0.25) is 9.59 Å². The normalized spacial score (nSPS) is 41.5. The highest BCUT2D eigenvalue weighted by Crippen LogP contribution is 2.61. The Morgan fingerprint density at radius 1 is 1.30 bits per heavy atom. The summed E-state index contributed by atoms with van der Waals surface area (Å²) in [6.07, 6.45) is 1.77. The van der Waals surface area contributed by atoms with Crippen molar-refractivity contribution in [1.29, 1.82) is 0 Å². The van der Waals surface area contributed by atoms with Crippen LogP contribution in [0.2, 0.25) is 0 Å². The van der Waals surface area contributed by atoms with Crippen molar-refractivity contribution < 1.29 is 19.1 Å². The third-order valence-electron chi connectivity index (χ3n) is 5.25. The maximum atomic E-state index is 12.1. The van der Waals surface area contributed by atoms with Crippen molar-refractivity contribution in [3.8, 4) is 0 Å². The Bertz CT molecular complexity index is 460. The van der Waals surface area contributed by atoms with Crippen molar-refractivity contribution in [2.45, 2.75) is 59.2 Å². The summed E-state index contributed by atoms with van der Waals surface area (Å²) >= 11 is 0. The summed E-state index contributed by atoms with van der Waals surface area (Å²) in [5.74, 6) is 0.642. The first-order valence-corrected chi connectivity index (χ1v) is 7.55. The predicted octanol–water partition coefficient (Wildman–Crippen LogP) is 2.55. The van der Waals surface area contributed by atoms with Crippen LogP contribution >= 0.6 is 0 Å². The smallest absolute Gasteiger partial charge is 0.311 e. The summed E-state index contributed by atoms with van der Waals surface area (Å²) in [5.41, 5.74) is -0.896. The summed E-state index contributed by atoms with van der Waals surface area (Å²) in [6.45, 7) is 9.59. The molecule has 4 nitrogen and oxygen atoms in total. The van der Waals surface area contributed by atoms with Crippen molar-refractivity contribution in [3.63, 3.8) is 0 Å². The van der Waals surface area contributed by atoms with Crippen LogP contribution in [0.4, 0.5) is 0 Å². The van der Waals surface area contributed by atoms with E-state index in [2.05, 4.69) is 0 Å². The molecular formula is C16H24O4. The molecule has 1 aliphatic heterocycles. The van der Waals surface area contributed by atoms with Crippen LogP contribution in [0, 0.1) is 29.1 Å². The van der Waals surface area contributed by atoms with Crippen molar-refractivity contribution in [2.75, 3.05) is 0 Å². The molecule has 0 aromatic heterocycles. The molecule has 3 aliphatic rings. The second-order valence-corrected chi connectivity index (χ2v) is 8.17. The Morgan fingerprint density at radius 2 is 1.95 bits per heavy atom. The maximum absolute atomic E-state index is 12.1. The Kier molecular flexibility index (Phi) is 2.77. The molecular weight excluding hydrogens is 256 g/mol. The molecule has 0 aromatic carbocycles. The fraction of sp³-hybridized carbons (Fsp3) is 0.875. The Balaban J connectivity index is 1.78. The standard InChI is InChI=1S/C16H24O4/c1-15(2,3)14(18)19-10-7-8-6-9(10)12-11(8)13(17)20-16(12,4)5/h8-12H,6-7H2,1-5H3. The minimum absolute atomic E-state index is 0.0274. The van der Waals surface area contributed by atoms with Gasteiger partial charge < -0.3 is 9.47 Å². The molecule has 1 saturated heterocycles. The van der Waals surface area contributed by atoms with E-state index in [9.17, 15) is 9.59 Å². The van der Waals surface area contributed by atoms with Crippen LogP contribution in [-0.2, 0) is 19.1 Å². The number of fused-ring (bicyclic) bond motifs is 5. The summed E-state index contributed by atoms with van der Waals surface area (Å²) in [6, 6.07) is 0. The quantitative estimate of drug-likeness (QED) is 0.693. The molecule has 2 bridgehead atoms. The molecule has 0 radical (unpaired) electrons. The first kappa shape index (κ1) is 13.9. The molecule has 0 N–H and O–H groups in total. The second-order valence-electron chi connectivity index (χ2n) is 8.17. The third kappa shape index (κ3) is 1.87. The van der Waals surface area contributed by atoms with Crippen LogP contribution in [-0.4, -0.2) is 23.6 Å². The summed E-state index contributed by atoms with van der Waals surface area (Å²) in [5, 5.41) is 0. The number of ether oxygens (including phenoxy) is 2. The minimum atomic E-state index is -0.473. The van der Waals surface area contributed by atoms with Crippen LogP contribution in [0.3, 0.4) is 0 Å². The van der Waals surface area contributed by atoms with Crippen LogP contribution < -0.4 is 0 Å². The Hall–Kier alpha value is -1.06. The molecule has 0 spiro atoms. The Morgan fingerprint density at radius 3 is 2.55 bits per heavy atom. The van der Waals surface area contributed by atoms with Gasteiger partial charge in [-0.05, 0) is 53.4 Å². The van der Waals surface area contributed by atoms with E-state index in [-0.39, 0.29) is 35.8 Å². The van der Waals surface area contributed by atoms with E-state index in [4.69, 9.17) is 9.47 Å². The van der Waals surface area contributed by atoms with Crippen molar-refractivity contribution in [3.05, 3.63) is 0 Å². The van der Waals surface area contributed by atoms with Gasteiger partial charge in [0.1, 0.15) is 11.7 Å². The Labute approximate surface area is 120 Å². The predicted molar refractivity (Wildman–Crippen MR) is 72.7 cm³/mol. The van der Waals surface area contributed by atoms with Gasteiger partial charge in [0.15, 0.2) is 0 Å². The van der Waals surface area contributed by atoms with E-state index < -0.39 is 11.0 Å². The zero-order valence-corrected chi connectivity index (χ0v) is 12.9. The molecule has 112 valence electrons. The third-order valence-corrected chi connectivity index (χ3v) is 5.25. The van der Waals surface area contributed by atoms with E-state index >= 15 is 0 Å². The van der Waals surface area contributed by atoms with Crippen LogP contribution in [0.5, 0.6) is 0 Å². The number of carbonyl (C=O) groups excluding carboxylic acids is 2. The molecule has 3 rings (SSSR count). The van der Waals surface area contributed by atoms with Gasteiger partial charge in [-0.25, -0.2) is 0 Å². The van der Waals surface area contributed by atoms with E-state index in [1.807, 2.05) is 34.6 Å². The number of esters is 2. The molecule has 5 atom stereocenters. The van der Waals surface area contributed by atoms with Gasteiger partial charge in [-0.2, -0.15) is 0 Å². The second kappa shape index (κ2) is 3.99. The summed E-state index contributed by atoms with van der Waals surface area (Å²) in [7, 11) is 0. The molecule has 0 aromatic rings. The fourth-order valence-electron chi connectivity index (χ4n) is 4.43. The average Bonchev–Trinajstić information content (AvgIpc) is 2.89. The van der Waals surface area contributed by atoms with Crippen molar-refractivity contribution in [2.24, 2.45) is 29.1 Å². The first-order valence-electron chi connectivity index (χ1n) is 7.55. The van der Waals surface area contributed by atoms with Gasteiger partial charge in [0.05, 0.1) is 11.3 Å². The lowest BCUT2D eigenvalue weighted by Gasteiger charge is -2.35. The lowest BCUT2D eigenvalue weighted by molar-refractivity contribution is -0.164. The molecule has 20 heavy (non-hydrogen) atoms. The van der Waals surface area contributed by atoms with Gasteiger partial charge in [0, 0.05) is 11.8 Å². The van der Waals surface area contributed by atoms with E-state index in [1.54, 1.807) is 0 Å². The maximum Gasteiger partial charge on any atom is 0.311 e. The van der Waals surface area contributed by atoms with E-state index in [0.29, 0.717) is 5.92 Å². The highest BCUT2D eigenvalue weighted by atomic mass is 16.6. The van der Waals surface area contributed by atoms with Gasteiger partial charge >= 0.3 is 11.9 Å². The molecule has 0 amide bonds. The van der Waals surface area contributed by atoms with Crippen LogP contribution in [0.25, 0.3) is 0 Å². The average molecular weight is 280 g/mol.